The molecule has 0 atom stereocenters. The van der Waals surface area contributed by atoms with E-state index in [1.807, 2.05) is 4.90 Å². The van der Waals surface area contributed by atoms with Crippen LogP contribution in [0, 0.1) is 0 Å². The number of likely N-dealkylation sites (tertiary alicyclic amines) is 1. The highest BCUT2D eigenvalue weighted by Crippen LogP contribution is 2.22. The average molecular weight is 424 g/mol. The third kappa shape index (κ3) is 5.45. The molecule has 152 valence electrons. The molecule has 1 aromatic carbocycles. The van der Waals surface area contributed by atoms with Crippen LogP contribution in [0.3, 0.4) is 0 Å². The molecule has 0 aliphatic carbocycles. The number of rotatable bonds is 7. The van der Waals surface area contributed by atoms with Crippen LogP contribution in [0.25, 0.3) is 0 Å². The molecule has 7 nitrogen and oxygen atoms in total. The lowest BCUT2D eigenvalue weighted by atomic mass is 10.2. The van der Waals surface area contributed by atoms with Gasteiger partial charge in [-0.2, -0.15) is 0 Å². The number of nitrogens with one attached hydrogen (secondary N) is 1. The average Bonchev–Trinajstić information content (AvgIpc) is 2.95. The van der Waals surface area contributed by atoms with Crippen molar-refractivity contribution >= 4 is 32.4 Å². The van der Waals surface area contributed by atoms with Crippen LogP contribution in [0.1, 0.15) is 37.8 Å². The number of ether oxygens (including phenoxy) is 1. The van der Waals surface area contributed by atoms with Gasteiger partial charge in [0.2, 0.25) is 5.91 Å². The van der Waals surface area contributed by atoms with E-state index in [0.717, 1.165) is 31.6 Å². The minimum Gasteiger partial charge on any atom is -0.497 e. The molecule has 0 radical (unpaired) electrons. The van der Waals surface area contributed by atoms with E-state index in [1.165, 1.54) is 43.4 Å². The van der Waals surface area contributed by atoms with Gasteiger partial charge in [-0.15, -0.1) is 11.3 Å². The topological polar surface area (TPSA) is 88.6 Å². The first-order valence-corrected chi connectivity index (χ1v) is 11.7. The Morgan fingerprint density at radius 2 is 1.86 bits per heavy atom. The van der Waals surface area contributed by atoms with Gasteiger partial charge >= 0.3 is 0 Å². The molecular weight excluding hydrogens is 398 g/mol. The monoisotopic (exact) mass is 423 g/mol. The maximum atomic E-state index is 12.5. The number of carbonyl (C=O) groups is 1. The summed E-state index contributed by atoms with van der Waals surface area (Å²) in [5.74, 6) is 0.736. The summed E-state index contributed by atoms with van der Waals surface area (Å²) in [4.78, 5) is 18.8. The van der Waals surface area contributed by atoms with Crippen molar-refractivity contribution in [2.24, 2.45) is 0 Å². The fraction of sp³-hybridized carbons (Fsp3) is 0.474. The summed E-state index contributed by atoms with van der Waals surface area (Å²) in [7, 11) is -2.19. The van der Waals surface area contributed by atoms with Gasteiger partial charge in [-0.25, -0.2) is 13.4 Å². The normalized spacial score (nSPS) is 15.1. The van der Waals surface area contributed by atoms with E-state index in [2.05, 4.69) is 9.71 Å². The zero-order chi connectivity index (χ0) is 20.0. The van der Waals surface area contributed by atoms with E-state index in [-0.39, 0.29) is 10.8 Å². The summed E-state index contributed by atoms with van der Waals surface area (Å²) in [6.45, 7) is 1.67. The SMILES string of the molecule is COc1ccc(S(=O)(=O)Nc2nc(CCC(=O)N3CCCCCC3)cs2)cc1. The summed E-state index contributed by atoms with van der Waals surface area (Å²) >= 11 is 1.22. The van der Waals surface area contributed by atoms with Gasteiger partial charge in [0.25, 0.3) is 10.0 Å². The summed E-state index contributed by atoms with van der Waals surface area (Å²) in [6.07, 6.45) is 5.42. The fourth-order valence-electron chi connectivity index (χ4n) is 3.11. The minimum atomic E-state index is -3.71. The number of methoxy groups -OCH3 is 1. The standard InChI is InChI=1S/C19H25N3O4S2/c1-26-16-7-9-17(10-8-16)28(24,25)21-19-20-15(14-27-19)6-11-18(23)22-12-4-2-3-5-13-22/h7-10,14H,2-6,11-13H2,1H3,(H,20,21). The molecule has 0 saturated carbocycles. The lowest BCUT2D eigenvalue weighted by molar-refractivity contribution is -0.131. The van der Waals surface area contributed by atoms with Crippen LogP contribution >= 0.6 is 11.3 Å². The highest BCUT2D eigenvalue weighted by atomic mass is 32.2. The number of aryl methyl sites for hydroxylation is 1. The molecule has 1 fully saturated rings. The number of nitrogens with zero attached hydrogens (tertiary/aromatic N) is 2. The molecule has 1 saturated heterocycles. The highest BCUT2D eigenvalue weighted by molar-refractivity contribution is 7.93. The maximum absolute atomic E-state index is 12.5. The number of hydrogen-bond donors (Lipinski definition) is 1. The molecule has 1 aliphatic heterocycles. The molecule has 28 heavy (non-hydrogen) atoms. The zero-order valence-electron chi connectivity index (χ0n) is 15.9. The van der Waals surface area contributed by atoms with Crippen LogP contribution in [0.5, 0.6) is 5.75 Å². The first-order valence-electron chi connectivity index (χ1n) is 9.37. The van der Waals surface area contributed by atoms with Crippen molar-refractivity contribution in [1.29, 1.82) is 0 Å². The second kappa shape index (κ2) is 9.38. The summed E-state index contributed by atoms with van der Waals surface area (Å²) < 4.78 is 32.5. The van der Waals surface area contributed by atoms with Gasteiger partial charge in [-0.05, 0) is 43.5 Å². The molecule has 0 unspecified atom stereocenters. The van der Waals surface area contributed by atoms with Gasteiger partial charge in [0.05, 0.1) is 17.7 Å². The van der Waals surface area contributed by atoms with E-state index in [9.17, 15) is 13.2 Å². The van der Waals surface area contributed by atoms with E-state index in [0.29, 0.717) is 23.7 Å². The molecule has 0 spiro atoms. The van der Waals surface area contributed by atoms with Crippen molar-refractivity contribution in [1.82, 2.24) is 9.88 Å². The van der Waals surface area contributed by atoms with Crippen LogP contribution < -0.4 is 9.46 Å². The van der Waals surface area contributed by atoms with Gasteiger partial charge in [-0.3, -0.25) is 9.52 Å². The van der Waals surface area contributed by atoms with Crippen LogP contribution in [-0.2, 0) is 21.2 Å². The fourth-order valence-corrected chi connectivity index (χ4v) is 5.11. The second-order valence-electron chi connectivity index (χ2n) is 6.72. The van der Waals surface area contributed by atoms with Crippen LogP contribution in [0.2, 0.25) is 0 Å². The highest BCUT2D eigenvalue weighted by Gasteiger charge is 2.18. The van der Waals surface area contributed by atoms with Gasteiger partial charge < -0.3 is 9.64 Å². The van der Waals surface area contributed by atoms with Crippen molar-refractivity contribution in [3.8, 4) is 5.75 Å². The number of thiazole rings is 1. The Morgan fingerprint density at radius 3 is 2.50 bits per heavy atom. The Kier molecular flexibility index (Phi) is 6.90. The van der Waals surface area contributed by atoms with Crippen molar-refractivity contribution in [3.05, 3.63) is 35.3 Å². The number of anilines is 1. The number of amides is 1. The number of benzene rings is 1. The van der Waals surface area contributed by atoms with Crippen molar-refractivity contribution in [2.45, 2.75) is 43.4 Å². The predicted molar refractivity (Wildman–Crippen MR) is 109 cm³/mol. The molecule has 1 aliphatic rings. The lowest BCUT2D eigenvalue weighted by Crippen LogP contribution is -2.31. The number of sulfonamides is 1. The Balaban J connectivity index is 1.56. The molecule has 1 N–H and O–H groups in total. The maximum Gasteiger partial charge on any atom is 0.263 e. The van der Waals surface area contributed by atoms with Gasteiger partial charge in [-0.1, -0.05) is 12.8 Å². The van der Waals surface area contributed by atoms with Crippen LogP contribution in [0.4, 0.5) is 5.13 Å². The zero-order valence-corrected chi connectivity index (χ0v) is 17.5. The van der Waals surface area contributed by atoms with E-state index >= 15 is 0 Å². The van der Waals surface area contributed by atoms with Crippen molar-refractivity contribution < 1.29 is 17.9 Å². The Labute approximate surface area is 169 Å². The number of aromatic nitrogens is 1. The molecule has 1 aromatic heterocycles. The molecule has 9 heteroatoms. The van der Waals surface area contributed by atoms with Gasteiger partial charge in [0, 0.05) is 24.9 Å². The number of carbonyl (C=O) groups excluding carboxylic acids is 1. The van der Waals surface area contributed by atoms with E-state index in [4.69, 9.17) is 4.74 Å². The Bertz CT molecular complexity index is 886. The quantitative estimate of drug-likeness (QED) is 0.738. The molecular formula is C19H25N3O4S2. The Morgan fingerprint density at radius 1 is 1.18 bits per heavy atom. The van der Waals surface area contributed by atoms with Crippen LogP contribution in [-0.4, -0.2) is 44.4 Å². The molecule has 2 aromatic rings. The first kappa shape index (κ1) is 20.6. The third-order valence-corrected chi connectivity index (χ3v) is 6.99. The smallest absolute Gasteiger partial charge is 0.263 e. The summed E-state index contributed by atoms with van der Waals surface area (Å²) in [6, 6.07) is 6.15. The number of hydrogen-bond acceptors (Lipinski definition) is 6. The van der Waals surface area contributed by atoms with Crippen molar-refractivity contribution in [2.75, 3.05) is 24.9 Å². The molecule has 2 heterocycles. The largest absolute Gasteiger partial charge is 0.497 e. The van der Waals surface area contributed by atoms with Crippen LogP contribution in [0.15, 0.2) is 34.5 Å². The van der Waals surface area contributed by atoms with E-state index in [1.54, 1.807) is 17.5 Å². The minimum absolute atomic E-state index is 0.140. The molecule has 1 amide bonds. The molecule has 3 rings (SSSR count). The lowest BCUT2D eigenvalue weighted by Gasteiger charge is -2.19. The summed E-state index contributed by atoms with van der Waals surface area (Å²) in [5, 5.41) is 2.09. The Hall–Kier alpha value is -2.13. The molecule has 0 bridgehead atoms. The van der Waals surface area contributed by atoms with Crippen molar-refractivity contribution in [3.63, 3.8) is 0 Å². The summed E-state index contributed by atoms with van der Waals surface area (Å²) in [5.41, 5.74) is 0.723. The van der Waals surface area contributed by atoms with Gasteiger partial charge in [0.15, 0.2) is 5.13 Å². The first-order chi connectivity index (χ1) is 13.5. The second-order valence-corrected chi connectivity index (χ2v) is 9.26. The third-order valence-electron chi connectivity index (χ3n) is 4.70. The predicted octanol–water partition coefficient (Wildman–Crippen LogP) is 3.29. The van der Waals surface area contributed by atoms with Gasteiger partial charge in [0.1, 0.15) is 5.75 Å². The van der Waals surface area contributed by atoms with E-state index < -0.39 is 10.0 Å².